The number of hydrogen-bond donors (Lipinski definition) is 1. The van der Waals surface area contributed by atoms with Gasteiger partial charge in [0.1, 0.15) is 17.3 Å². The highest BCUT2D eigenvalue weighted by Crippen LogP contribution is 2.22. The van der Waals surface area contributed by atoms with Crippen molar-refractivity contribution in [3.05, 3.63) is 48.0 Å². The molecule has 0 aliphatic carbocycles. The Balaban J connectivity index is 1.74. The molecule has 114 valence electrons. The number of halogens is 1. The van der Waals surface area contributed by atoms with Crippen molar-refractivity contribution in [2.75, 3.05) is 27.2 Å². The number of furan rings is 1. The lowest BCUT2D eigenvalue weighted by molar-refractivity contribution is 0.390. The van der Waals surface area contributed by atoms with E-state index in [1.54, 1.807) is 12.1 Å². The summed E-state index contributed by atoms with van der Waals surface area (Å²) in [5, 5.41) is 3.38. The smallest absolute Gasteiger partial charge is 0.134 e. The van der Waals surface area contributed by atoms with Crippen LogP contribution in [0.4, 0.5) is 4.39 Å². The Morgan fingerprint density at radius 3 is 2.52 bits per heavy atom. The molecule has 0 aliphatic heterocycles. The van der Waals surface area contributed by atoms with E-state index < -0.39 is 0 Å². The van der Waals surface area contributed by atoms with E-state index in [0.717, 1.165) is 43.1 Å². The van der Waals surface area contributed by atoms with Crippen LogP contribution in [-0.2, 0) is 6.54 Å². The molecule has 4 heteroatoms. The monoisotopic (exact) mass is 290 g/mol. The third kappa shape index (κ3) is 5.33. The second-order valence-corrected chi connectivity index (χ2v) is 5.46. The molecule has 0 saturated heterocycles. The van der Waals surface area contributed by atoms with Gasteiger partial charge in [0.2, 0.25) is 0 Å². The first kappa shape index (κ1) is 15.7. The van der Waals surface area contributed by atoms with Gasteiger partial charge in [-0.15, -0.1) is 0 Å². The largest absolute Gasteiger partial charge is 0.460 e. The first-order valence-electron chi connectivity index (χ1n) is 7.35. The molecule has 0 unspecified atom stereocenters. The maximum atomic E-state index is 12.9. The molecule has 0 amide bonds. The summed E-state index contributed by atoms with van der Waals surface area (Å²) in [5.74, 6) is 1.45. The van der Waals surface area contributed by atoms with Crippen LogP contribution in [0.2, 0.25) is 0 Å². The minimum atomic E-state index is -0.232. The van der Waals surface area contributed by atoms with Gasteiger partial charge in [0.25, 0.3) is 0 Å². The Bertz CT molecular complexity index is 534. The lowest BCUT2D eigenvalue weighted by Gasteiger charge is -2.08. The van der Waals surface area contributed by atoms with E-state index in [-0.39, 0.29) is 5.82 Å². The van der Waals surface area contributed by atoms with Gasteiger partial charge in [0.05, 0.1) is 6.54 Å². The highest BCUT2D eigenvalue weighted by atomic mass is 19.1. The minimum Gasteiger partial charge on any atom is -0.460 e. The van der Waals surface area contributed by atoms with Crippen LogP contribution in [0.1, 0.15) is 18.6 Å². The van der Waals surface area contributed by atoms with Gasteiger partial charge in [-0.3, -0.25) is 0 Å². The molecule has 0 fully saturated rings. The molecular formula is C17H23FN2O. The third-order valence-corrected chi connectivity index (χ3v) is 3.30. The highest BCUT2D eigenvalue weighted by molar-refractivity contribution is 5.57. The van der Waals surface area contributed by atoms with Crippen LogP contribution in [-0.4, -0.2) is 32.1 Å². The van der Waals surface area contributed by atoms with Crippen LogP contribution < -0.4 is 5.32 Å². The Labute approximate surface area is 125 Å². The average Bonchev–Trinajstić information content (AvgIpc) is 2.92. The van der Waals surface area contributed by atoms with Gasteiger partial charge in [-0.2, -0.15) is 0 Å². The molecule has 0 spiro atoms. The Hall–Kier alpha value is -1.65. The Morgan fingerprint density at radius 2 is 1.81 bits per heavy atom. The fourth-order valence-corrected chi connectivity index (χ4v) is 2.13. The van der Waals surface area contributed by atoms with Crippen LogP contribution in [0, 0.1) is 5.82 Å². The summed E-state index contributed by atoms with van der Waals surface area (Å²) < 4.78 is 18.6. The summed E-state index contributed by atoms with van der Waals surface area (Å²) in [6.07, 6.45) is 2.35. The zero-order valence-corrected chi connectivity index (χ0v) is 12.7. The van der Waals surface area contributed by atoms with Crippen molar-refractivity contribution in [1.29, 1.82) is 0 Å². The van der Waals surface area contributed by atoms with Crippen molar-refractivity contribution in [2.45, 2.75) is 19.4 Å². The van der Waals surface area contributed by atoms with Crippen LogP contribution >= 0.6 is 0 Å². The fraction of sp³-hybridized carbons (Fsp3) is 0.412. The molecule has 1 N–H and O–H groups in total. The number of nitrogens with zero attached hydrogens (tertiary/aromatic N) is 1. The topological polar surface area (TPSA) is 28.4 Å². The van der Waals surface area contributed by atoms with Crippen LogP contribution in [0.15, 0.2) is 40.8 Å². The number of unbranched alkanes of at least 4 members (excludes halogenated alkanes) is 1. The maximum absolute atomic E-state index is 12.9. The SMILES string of the molecule is CN(C)CCCCNCc1ccc(-c2ccc(F)cc2)o1. The van der Waals surface area contributed by atoms with E-state index in [9.17, 15) is 4.39 Å². The Kier molecular flexibility index (Phi) is 5.96. The van der Waals surface area contributed by atoms with Gasteiger partial charge in [-0.1, -0.05) is 0 Å². The fourth-order valence-electron chi connectivity index (χ4n) is 2.13. The van der Waals surface area contributed by atoms with Gasteiger partial charge < -0.3 is 14.6 Å². The standard InChI is InChI=1S/C17H23FN2O/c1-20(2)12-4-3-11-19-13-16-9-10-17(21-16)14-5-7-15(18)8-6-14/h5-10,19H,3-4,11-13H2,1-2H3. The first-order chi connectivity index (χ1) is 10.1. The van der Waals surface area contributed by atoms with E-state index in [1.807, 2.05) is 12.1 Å². The van der Waals surface area contributed by atoms with Crippen LogP contribution in [0.3, 0.4) is 0 Å². The average molecular weight is 290 g/mol. The molecule has 0 saturated carbocycles. The van der Waals surface area contributed by atoms with E-state index in [0.29, 0.717) is 0 Å². The van der Waals surface area contributed by atoms with Crippen molar-refractivity contribution in [3.8, 4) is 11.3 Å². The zero-order valence-electron chi connectivity index (χ0n) is 12.7. The lowest BCUT2D eigenvalue weighted by Crippen LogP contribution is -2.17. The summed E-state index contributed by atoms with van der Waals surface area (Å²) in [4.78, 5) is 2.20. The molecule has 1 aromatic heterocycles. The first-order valence-corrected chi connectivity index (χ1v) is 7.35. The summed E-state index contributed by atoms with van der Waals surface area (Å²) in [5.41, 5.74) is 0.897. The van der Waals surface area contributed by atoms with Gasteiger partial charge in [0.15, 0.2) is 0 Å². The third-order valence-electron chi connectivity index (χ3n) is 3.30. The molecule has 2 rings (SSSR count). The maximum Gasteiger partial charge on any atom is 0.134 e. The van der Waals surface area contributed by atoms with Gasteiger partial charge >= 0.3 is 0 Å². The number of benzene rings is 1. The second kappa shape index (κ2) is 7.96. The van der Waals surface area contributed by atoms with Crippen molar-refractivity contribution < 1.29 is 8.81 Å². The van der Waals surface area contributed by atoms with E-state index in [2.05, 4.69) is 24.3 Å². The van der Waals surface area contributed by atoms with Gasteiger partial charge in [0, 0.05) is 5.56 Å². The van der Waals surface area contributed by atoms with E-state index in [4.69, 9.17) is 4.42 Å². The minimum absolute atomic E-state index is 0.232. The molecule has 1 heterocycles. The van der Waals surface area contributed by atoms with E-state index >= 15 is 0 Å². The molecule has 0 atom stereocenters. The second-order valence-electron chi connectivity index (χ2n) is 5.46. The normalized spacial score (nSPS) is 11.2. The molecule has 0 bridgehead atoms. The number of nitrogens with one attached hydrogen (secondary N) is 1. The van der Waals surface area contributed by atoms with Gasteiger partial charge in [-0.25, -0.2) is 4.39 Å². The summed E-state index contributed by atoms with van der Waals surface area (Å²) in [6, 6.07) is 10.2. The molecule has 3 nitrogen and oxygen atoms in total. The van der Waals surface area contributed by atoms with E-state index in [1.165, 1.54) is 18.6 Å². The quantitative estimate of drug-likeness (QED) is 0.754. The van der Waals surface area contributed by atoms with Crippen molar-refractivity contribution >= 4 is 0 Å². The summed E-state index contributed by atoms with van der Waals surface area (Å²) >= 11 is 0. The predicted octanol–water partition coefficient (Wildman–Crippen LogP) is 3.52. The molecule has 1 aromatic carbocycles. The Morgan fingerprint density at radius 1 is 1.05 bits per heavy atom. The summed E-state index contributed by atoms with van der Waals surface area (Å²) in [7, 11) is 4.18. The van der Waals surface area contributed by atoms with Crippen molar-refractivity contribution in [1.82, 2.24) is 10.2 Å². The van der Waals surface area contributed by atoms with Crippen molar-refractivity contribution in [3.63, 3.8) is 0 Å². The van der Waals surface area contributed by atoms with Crippen LogP contribution in [0.25, 0.3) is 11.3 Å². The van der Waals surface area contributed by atoms with Crippen molar-refractivity contribution in [2.24, 2.45) is 0 Å². The zero-order chi connectivity index (χ0) is 15.1. The lowest BCUT2D eigenvalue weighted by atomic mass is 10.2. The molecule has 21 heavy (non-hydrogen) atoms. The predicted molar refractivity (Wildman–Crippen MR) is 83.6 cm³/mol. The highest BCUT2D eigenvalue weighted by Gasteiger charge is 2.04. The molecule has 0 aliphatic rings. The molecule has 2 aromatic rings. The number of rotatable bonds is 8. The summed E-state index contributed by atoms with van der Waals surface area (Å²) in [6.45, 7) is 2.83. The molecular weight excluding hydrogens is 267 g/mol. The molecule has 0 radical (unpaired) electrons. The number of hydrogen-bond acceptors (Lipinski definition) is 3. The van der Waals surface area contributed by atoms with Crippen LogP contribution in [0.5, 0.6) is 0 Å². The van der Waals surface area contributed by atoms with Gasteiger partial charge in [-0.05, 0) is 76.4 Å².